The first kappa shape index (κ1) is 40.5. The Morgan fingerprint density at radius 1 is 0.379 bits per heavy atom. The Bertz CT molecular complexity index is 2220. The van der Waals surface area contributed by atoms with Crippen molar-refractivity contribution < 1.29 is 0 Å². The fourth-order valence-corrected chi connectivity index (χ4v) is 8.54. The van der Waals surface area contributed by atoms with Crippen LogP contribution in [0, 0.1) is 5.41 Å². The summed E-state index contributed by atoms with van der Waals surface area (Å²) in [7, 11) is 0. The van der Waals surface area contributed by atoms with Crippen molar-refractivity contribution in [3.63, 3.8) is 0 Å². The van der Waals surface area contributed by atoms with E-state index in [1.807, 2.05) is 0 Å². The Kier molecular flexibility index (Phi) is 11.4. The van der Waals surface area contributed by atoms with Gasteiger partial charge in [-0.05, 0) is 66.5 Å². The minimum absolute atomic E-state index is 0.0744. The molecule has 1 aromatic heterocycles. The largest absolute Gasteiger partial charge is 0.286 e. The van der Waals surface area contributed by atoms with Crippen molar-refractivity contribution in [2.75, 3.05) is 0 Å². The van der Waals surface area contributed by atoms with Crippen molar-refractivity contribution in [3.05, 3.63) is 219 Å². The quantitative estimate of drug-likeness (QED) is 0.144. The minimum atomic E-state index is -0.0744. The summed E-state index contributed by atoms with van der Waals surface area (Å²) in [6, 6.07) is 53.0. The maximum atomic E-state index is 10.3. The van der Waals surface area contributed by atoms with Crippen LogP contribution in [0.4, 0.5) is 0 Å². The van der Waals surface area contributed by atoms with Crippen LogP contribution in [0.3, 0.4) is 0 Å². The standard InChI is InChI=1S/C55H61N3/c1-37(41-23-15-11-16-24-41)47-33-45(54(5,6)7)34-48(38(2)42-25-17-12-18-26-42)51(47)57-31-32-58(53(57)56)52-49(39(3)43-27-19-13-20-28-43)35-46(55(8,9)10)36-50(52)40(4)44-29-21-14-22-30-44/h11-40,56H,1-10H3/t37-,38-,39-,40-/m1/s1. The van der Waals surface area contributed by atoms with Crippen LogP contribution in [-0.2, 0) is 10.8 Å². The van der Waals surface area contributed by atoms with E-state index in [0.29, 0.717) is 5.62 Å². The van der Waals surface area contributed by atoms with E-state index in [1.165, 1.54) is 55.6 Å². The van der Waals surface area contributed by atoms with Crippen molar-refractivity contribution in [2.45, 2.75) is 104 Å². The lowest BCUT2D eigenvalue weighted by Crippen LogP contribution is -2.27. The summed E-state index contributed by atoms with van der Waals surface area (Å²) in [4.78, 5) is 0. The molecule has 7 aromatic rings. The Morgan fingerprint density at radius 2 is 0.603 bits per heavy atom. The highest BCUT2D eigenvalue weighted by Crippen LogP contribution is 2.42. The van der Waals surface area contributed by atoms with Gasteiger partial charge in [0.15, 0.2) is 0 Å². The van der Waals surface area contributed by atoms with Crippen LogP contribution in [0.5, 0.6) is 0 Å². The lowest BCUT2D eigenvalue weighted by molar-refractivity contribution is 0.586. The lowest BCUT2D eigenvalue weighted by Gasteiger charge is -2.30. The molecule has 0 spiro atoms. The zero-order valence-corrected chi connectivity index (χ0v) is 36.2. The number of rotatable bonds is 10. The van der Waals surface area contributed by atoms with Crippen LogP contribution in [-0.4, -0.2) is 9.13 Å². The summed E-state index contributed by atoms with van der Waals surface area (Å²) >= 11 is 0. The topological polar surface area (TPSA) is 33.7 Å². The molecule has 0 fully saturated rings. The molecule has 0 unspecified atom stereocenters. The fraction of sp³-hybridized carbons (Fsp3) is 0.291. The number of imidazole rings is 1. The van der Waals surface area contributed by atoms with Crippen LogP contribution in [0.15, 0.2) is 158 Å². The zero-order valence-electron chi connectivity index (χ0n) is 36.2. The molecule has 0 bridgehead atoms. The first-order valence-electron chi connectivity index (χ1n) is 21.1. The molecule has 0 radical (unpaired) electrons. The van der Waals surface area contributed by atoms with Gasteiger partial charge in [0, 0.05) is 36.1 Å². The number of aromatic nitrogens is 2. The van der Waals surface area contributed by atoms with Crippen LogP contribution >= 0.6 is 0 Å². The minimum Gasteiger partial charge on any atom is -0.286 e. The van der Waals surface area contributed by atoms with Gasteiger partial charge < -0.3 is 0 Å². The molecule has 3 nitrogen and oxygen atoms in total. The van der Waals surface area contributed by atoms with Crippen molar-refractivity contribution in [1.82, 2.24) is 9.13 Å². The van der Waals surface area contributed by atoms with Gasteiger partial charge in [0.05, 0.1) is 11.4 Å². The summed E-state index contributed by atoms with van der Waals surface area (Å²) < 4.78 is 4.34. The Morgan fingerprint density at radius 3 is 0.810 bits per heavy atom. The van der Waals surface area contributed by atoms with E-state index in [0.717, 1.165) is 11.4 Å². The van der Waals surface area contributed by atoms with E-state index >= 15 is 0 Å². The van der Waals surface area contributed by atoms with Gasteiger partial charge in [-0.15, -0.1) is 0 Å². The normalized spacial score (nSPS) is 14.2. The molecule has 0 aliphatic rings. The molecular formula is C55H61N3. The molecule has 1 heterocycles. The second kappa shape index (κ2) is 16.3. The third-order valence-corrected chi connectivity index (χ3v) is 12.4. The SMILES string of the molecule is C[C@H](c1ccccc1)c1cc(C(C)(C)C)cc([C@H](C)c2ccccc2)c1-n1ccn(-c2c([C@H](C)c3ccccc3)cc(C(C)(C)C)cc2[C@H](C)c2ccccc2)c1=N. The molecule has 296 valence electrons. The van der Waals surface area contributed by atoms with Gasteiger partial charge in [0.25, 0.3) is 0 Å². The second-order valence-corrected chi connectivity index (χ2v) is 18.4. The molecule has 1 N–H and O–H groups in total. The molecule has 0 saturated heterocycles. The van der Waals surface area contributed by atoms with Crippen molar-refractivity contribution >= 4 is 0 Å². The number of hydrogen-bond donors (Lipinski definition) is 1. The average Bonchev–Trinajstić information content (AvgIpc) is 3.61. The van der Waals surface area contributed by atoms with E-state index in [2.05, 4.69) is 236 Å². The van der Waals surface area contributed by atoms with Gasteiger partial charge in [-0.25, -0.2) is 0 Å². The summed E-state index contributed by atoms with van der Waals surface area (Å²) in [5, 5.41) is 10.3. The third kappa shape index (κ3) is 8.05. The van der Waals surface area contributed by atoms with Gasteiger partial charge >= 0.3 is 0 Å². The van der Waals surface area contributed by atoms with E-state index in [-0.39, 0.29) is 34.5 Å². The predicted octanol–water partition coefficient (Wildman–Crippen LogP) is 13.9. The molecule has 7 rings (SSSR count). The lowest BCUT2D eigenvalue weighted by atomic mass is 9.78. The van der Waals surface area contributed by atoms with Crippen LogP contribution in [0.2, 0.25) is 0 Å². The predicted molar refractivity (Wildman–Crippen MR) is 244 cm³/mol. The van der Waals surface area contributed by atoms with Gasteiger partial charge in [-0.2, -0.15) is 0 Å². The summed E-state index contributed by atoms with van der Waals surface area (Å²) in [5.74, 6) is 0.348. The molecule has 3 heteroatoms. The summed E-state index contributed by atoms with van der Waals surface area (Å²) in [5.41, 5.74) is 15.0. The van der Waals surface area contributed by atoms with E-state index in [9.17, 15) is 5.41 Å². The molecule has 58 heavy (non-hydrogen) atoms. The van der Waals surface area contributed by atoms with Gasteiger partial charge in [0.1, 0.15) is 0 Å². The summed E-state index contributed by atoms with van der Waals surface area (Å²) in [6.07, 6.45) is 4.28. The van der Waals surface area contributed by atoms with Crippen molar-refractivity contribution in [2.24, 2.45) is 0 Å². The van der Waals surface area contributed by atoms with E-state index in [4.69, 9.17) is 0 Å². The number of benzene rings is 6. The number of hydrogen-bond acceptors (Lipinski definition) is 1. The number of nitrogens with zero attached hydrogens (tertiary/aromatic N) is 2. The monoisotopic (exact) mass is 763 g/mol. The first-order chi connectivity index (χ1) is 27.6. The number of nitrogens with one attached hydrogen (secondary N) is 1. The highest BCUT2D eigenvalue weighted by molar-refractivity contribution is 5.61. The van der Waals surface area contributed by atoms with Gasteiger partial charge in [0.2, 0.25) is 5.62 Å². The van der Waals surface area contributed by atoms with Gasteiger partial charge in [-0.1, -0.05) is 215 Å². The van der Waals surface area contributed by atoms with E-state index in [1.54, 1.807) is 0 Å². The molecular weight excluding hydrogens is 703 g/mol. The third-order valence-electron chi connectivity index (χ3n) is 12.4. The zero-order chi connectivity index (χ0) is 41.4. The molecule has 0 saturated carbocycles. The average molecular weight is 764 g/mol. The molecule has 0 amide bonds. The van der Waals surface area contributed by atoms with Crippen molar-refractivity contribution in [1.29, 1.82) is 5.41 Å². The second-order valence-electron chi connectivity index (χ2n) is 18.4. The maximum Gasteiger partial charge on any atom is 0.211 e. The van der Waals surface area contributed by atoms with Crippen LogP contribution < -0.4 is 5.62 Å². The fourth-order valence-electron chi connectivity index (χ4n) is 8.54. The Labute approximate surface area is 347 Å². The Balaban J connectivity index is 1.56. The molecule has 0 aliphatic heterocycles. The first-order valence-corrected chi connectivity index (χ1v) is 21.1. The maximum absolute atomic E-state index is 10.3. The smallest absolute Gasteiger partial charge is 0.211 e. The Hall–Kier alpha value is -5.67. The summed E-state index contributed by atoms with van der Waals surface area (Å²) in [6.45, 7) is 23.1. The highest BCUT2D eigenvalue weighted by Gasteiger charge is 2.30. The molecule has 6 aromatic carbocycles. The van der Waals surface area contributed by atoms with Crippen LogP contribution in [0.25, 0.3) is 11.4 Å². The highest BCUT2D eigenvalue weighted by atomic mass is 15.2. The van der Waals surface area contributed by atoms with Crippen molar-refractivity contribution in [3.8, 4) is 11.4 Å². The van der Waals surface area contributed by atoms with Gasteiger partial charge in [-0.3, -0.25) is 14.5 Å². The van der Waals surface area contributed by atoms with Crippen LogP contribution in [0.1, 0.15) is 149 Å². The molecule has 4 atom stereocenters. The molecule has 0 aliphatic carbocycles. The van der Waals surface area contributed by atoms with E-state index < -0.39 is 0 Å².